The first-order valence-electron chi connectivity index (χ1n) is 5.81. The average Bonchev–Trinajstić information content (AvgIpc) is 2.69. The molecular weight excluding hydrogens is 232 g/mol. The quantitative estimate of drug-likeness (QED) is 0.910. The second-order valence-corrected chi connectivity index (χ2v) is 5.51. The number of nitrogens with two attached hydrogens (primary N) is 1. The number of anilines is 2. The molecule has 5 heteroatoms. The third-order valence-electron chi connectivity index (χ3n) is 2.90. The molecule has 2 N–H and O–H groups in total. The molecule has 0 atom stereocenters. The van der Waals surface area contributed by atoms with Crippen molar-refractivity contribution in [2.75, 3.05) is 17.7 Å². The van der Waals surface area contributed by atoms with E-state index >= 15 is 0 Å². The van der Waals surface area contributed by atoms with Gasteiger partial charge in [0.25, 0.3) is 0 Å². The number of aromatic nitrogens is 2. The lowest BCUT2D eigenvalue weighted by Gasteiger charge is -2.23. The van der Waals surface area contributed by atoms with Crippen molar-refractivity contribution in [1.82, 2.24) is 9.97 Å². The van der Waals surface area contributed by atoms with Gasteiger partial charge in [-0.3, -0.25) is 0 Å². The van der Waals surface area contributed by atoms with E-state index in [1.807, 2.05) is 7.05 Å². The molecule has 0 bridgehead atoms. The number of hydrogen-bond donors (Lipinski definition) is 1. The van der Waals surface area contributed by atoms with Crippen molar-refractivity contribution in [3.05, 3.63) is 10.9 Å². The minimum Gasteiger partial charge on any atom is -0.368 e. The summed E-state index contributed by atoms with van der Waals surface area (Å²) in [6, 6.07) is 2.56. The van der Waals surface area contributed by atoms with Crippen LogP contribution < -0.4 is 10.6 Å². The Labute approximate surface area is 105 Å². The van der Waals surface area contributed by atoms with Crippen LogP contribution in [0.5, 0.6) is 0 Å². The van der Waals surface area contributed by atoms with E-state index in [1.54, 1.807) is 11.3 Å². The molecule has 2 aromatic heterocycles. The summed E-state index contributed by atoms with van der Waals surface area (Å²) in [6.45, 7) is 6.42. The third kappa shape index (κ3) is 2.20. The highest BCUT2D eigenvalue weighted by atomic mass is 32.1. The van der Waals surface area contributed by atoms with Gasteiger partial charge in [0.1, 0.15) is 10.6 Å². The summed E-state index contributed by atoms with van der Waals surface area (Å²) in [7, 11) is 2.04. The molecule has 4 nitrogen and oxygen atoms in total. The van der Waals surface area contributed by atoms with Gasteiger partial charge in [-0.25, -0.2) is 4.98 Å². The second kappa shape index (κ2) is 4.49. The summed E-state index contributed by atoms with van der Waals surface area (Å²) < 4.78 is 0. The van der Waals surface area contributed by atoms with Gasteiger partial charge < -0.3 is 10.6 Å². The predicted octanol–water partition coefficient (Wildman–Crippen LogP) is 2.68. The van der Waals surface area contributed by atoms with Gasteiger partial charge in [-0.1, -0.05) is 6.92 Å². The van der Waals surface area contributed by atoms with Crippen LogP contribution in [0, 0.1) is 0 Å². The fourth-order valence-corrected chi connectivity index (χ4v) is 2.63. The summed E-state index contributed by atoms with van der Waals surface area (Å²) in [5.74, 6) is 1.28. The summed E-state index contributed by atoms with van der Waals surface area (Å²) in [6.07, 6.45) is 1.02. The number of fused-ring (bicyclic) bond motifs is 1. The van der Waals surface area contributed by atoms with Crippen molar-refractivity contribution < 1.29 is 0 Å². The Balaban J connectivity index is 2.64. The van der Waals surface area contributed by atoms with Crippen molar-refractivity contribution in [3.63, 3.8) is 0 Å². The first kappa shape index (κ1) is 12.1. The smallest absolute Gasteiger partial charge is 0.223 e. The van der Waals surface area contributed by atoms with Crippen molar-refractivity contribution >= 4 is 33.3 Å². The molecule has 2 aromatic rings. The summed E-state index contributed by atoms with van der Waals surface area (Å²) >= 11 is 1.70. The zero-order valence-corrected chi connectivity index (χ0v) is 11.5. The van der Waals surface area contributed by atoms with Crippen LogP contribution in [0.25, 0.3) is 10.2 Å². The second-order valence-electron chi connectivity index (χ2n) is 4.40. The highest BCUT2D eigenvalue weighted by Crippen LogP contribution is 2.31. The number of hydrogen-bond acceptors (Lipinski definition) is 5. The van der Waals surface area contributed by atoms with E-state index in [9.17, 15) is 0 Å². The highest BCUT2D eigenvalue weighted by Gasteiger charge is 2.15. The molecule has 0 spiro atoms. The molecule has 0 aliphatic rings. The van der Waals surface area contributed by atoms with Crippen LogP contribution in [0.2, 0.25) is 0 Å². The SMILES string of the molecule is CCc1cc2c(N(C)C(C)C)nc(N)nc2s1. The van der Waals surface area contributed by atoms with E-state index < -0.39 is 0 Å². The molecule has 2 rings (SSSR count). The van der Waals surface area contributed by atoms with E-state index in [0.717, 1.165) is 22.5 Å². The van der Waals surface area contributed by atoms with Gasteiger partial charge in [-0.15, -0.1) is 11.3 Å². The fraction of sp³-hybridized carbons (Fsp3) is 0.500. The van der Waals surface area contributed by atoms with Crippen LogP contribution in [0.3, 0.4) is 0 Å². The van der Waals surface area contributed by atoms with E-state index in [-0.39, 0.29) is 0 Å². The Hall–Kier alpha value is -1.36. The molecule has 0 amide bonds. The topological polar surface area (TPSA) is 55.0 Å². The predicted molar refractivity (Wildman–Crippen MR) is 74.7 cm³/mol. The maximum atomic E-state index is 5.77. The van der Waals surface area contributed by atoms with Gasteiger partial charge in [0, 0.05) is 18.0 Å². The van der Waals surface area contributed by atoms with Gasteiger partial charge in [0.2, 0.25) is 5.95 Å². The van der Waals surface area contributed by atoms with Crippen LogP contribution in [-0.4, -0.2) is 23.1 Å². The molecule has 0 aliphatic heterocycles. The van der Waals surface area contributed by atoms with Gasteiger partial charge in [-0.2, -0.15) is 4.98 Å². The normalized spacial score (nSPS) is 11.4. The Morgan fingerprint density at radius 2 is 2.12 bits per heavy atom. The molecular formula is C12H18N4S. The first-order chi connectivity index (χ1) is 8.02. The van der Waals surface area contributed by atoms with Crippen LogP contribution in [0.15, 0.2) is 6.07 Å². The third-order valence-corrected chi connectivity index (χ3v) is 4.07. The largest absolute Gasteiger partial charge is 0.368 e. The molecule has 92 valence electrons. The van der Waals surface area contributed by atoms with Crippen molar-refractivity contribution in [1.29, 1.82) is 0 Å². The van der Waals surface area contributed by atoms with Crippen LogP contribution in [0.4, 0.5) is 11.8 Å². The monoisotopic (exact) mass is 250 g/mol. The van der Waals surface area contributed by atoms with E-state index in [0.29, 0.717) is 12.0 Å². The fourth-order valence-electron chi connectivity index (χ4n) is 1.66. The van der Waals surface area contributed by atoms with Crippen LogP contribution in [0.1, 0.15) is 25.6 Å². The van der Waals surface area contributed by atoms with Crippen LogP contribution >= 0.6 is 11.3 Å². The van der Waals surface area contributed by atoms with Gasteiger partial charge in [0.15, 0.2) is 0 Å². The van der Waals surface area contributed by atoms with Crippen LogP contribution in [-0.2, 0) is 6.42 Å². The lowest BCUT2D eigenvalue weighted by molar-refractivity contribution is 0.746. The van der Waals surface area contributed by atoms with Crippen molar-refractivity contribution in [3.8, 4) is 0 Å². The van der Waals surface area contributed by atoms with E-state index in [1.165, 1.54) is 4.88 Å². The Bertz CT molecular complexity index is 533. The molecule has 0 aromatic carbocycles. The van der Waals surface area contributed by atoms with Crippen molar-refractivity contribution in [2.24, 2.45) is 0 Å². The number of thiophene rings is 1. The first-order valence-corrected chi connectivity index (χ1v) is 6.63. The molecule has 17 heavy (non-hydrogen) atoms. The lowest BCUT2D eigenvalue weighted by atomic mass is 10.2. The van der Waals surface area contributed by atoms with E-state index in [2.05, 4.69) is 41.7 Å². The number of nitrogen functional groups attached to an aromatic ring is 1. The highest BCUT2D eigenvalue weighted by molar-refractivity contribution is 7.18. The number of aryl methyl sites for hydroxylation is 1. The zero-order valence-electron chi connectivity index (χ0n) is 10.7. The standard InChI is InChI=1S/C12H18N4S/c1-5-8-6-9-10(16(4)7(2)3)14-12(13)15-11(9)17-8/h6-7H,5H2,1-4H3,(H2,13,14,15). The maximum Gasteiger partial charge on any atom is 0.223 e. The minimum absolute atomic E-state index is 0.351. The van der Waals surface area contributed by atoms with Gasteiger partial charge >= 0.3 is 0 Å². The van der Waals surface area contributed by atoms with Crippen molar-refractivity contribution in [2.45, 2.75) is 33.2 Å². The molecule has 0 saturated heterocycles. The average molecular weight is 250 g/mol. The molecule has 2 heterocycles. The number of rotatable bonds is 3. The molecule has 0 saturated carbocycles. The summed E-state index contributed by atoms with van der Waals surface area (Å²) in [4.78, 5) is 13.1. The molecule has 0 aliphatic carbocycles. The zero-order chi connectivity index (χ0) is 12.6. The van der Waals surface area contributed by atoms with Gasteiger partial charge in [-0.05, 0) is 26.3 Å². The molecule has 0 fully saturated rings. The molecule has 0 unspecified atom stereocenters. The Morgan fingerprint density at radius 3 is 2.71 bits per heavy atom. The van der Waals surface area contributed by atoms with Gasteiger partial charge in [0.05, 0.1) is 5.39 Å². The Kier molecular flexibility index (Phi) is 3.19. The Morgan fingerprint density at radius 1 is 1.41 bits per heavy atom. The lowest BCUT2D eigenvalue weighted by Crippen LogP contribution is -2.27. The minimum atomic E-state index is 0.351. The summed E-state index contributed by atoms with van der Waals surface area (Å²) in [5.41, 5.74) is 5.77. The maximum absolute atomic E-state index is 5.77. The van der Waals surface area contributed by atoms with E-state index in [4.69, 9.17) is 5.73 Å². The number of nitrogens with zero attached hydrogens (tertiary/aromatic N) is 3. The summed E-state index contributed by atoms with van der Waals surface area (Å²) in [5, 5.41) is 1.11. The molecule has 0 radical (unpaired) electrons.